The van der Waals surface area contributed by atoms with Gasteiger partial charge in [0.05, 0.1) is 12.4 Å². The molecule has 4 nitrogen and oxygen atoms in total. The molecule has 0 aliphatic carbocycles. The van der Waals surface area contributed by atoms with Crippen LogP contribution in [0.5, 0.6) is 0 Å². The second-order valence-corrected chi connectivity index (χ2v) is 4.56. The Bertz CT molecular complexity index is 513. The van der Waals surface area contributed by atoms with Crippen molar-refractivity contribution in [3.63, 3.8) is 0 Å². The van der Waals surface area contributed by atoms with Crippen LogP contribution in [0.15, 0.2) is 36.7 Å². The van der Waals surface area contributed by atoms with E-state index in [1.54, 1.807) is 12.4 Å². The highest BCUT2D eigenvalue weighted by Gasteiger charge is 1.98. The predicted molar refractivity (Wildman–Crippen MR) is 79.8 cm³/mol. The summed E-state index contributed by atoms with van der Waals surface area (Å²) in [5, 5.41) is 7.16. The molecule has 0 aliphatic heterocycles. The number of rotatable bonds is 6. The number of aromatic nitrogens is 2. The van der Waals surface area contributed by atoms with Gasteiger partial charge in [0.2, 0.25) is 0 Å². The van der Waals surface area contributed by atoms with Crippen LogP contribution in [-0.4, -0.2) is 23.1 Å². The molecule has 1 aromatic carbocycles. The van der Waals surface area contributed by atoms with Crippen molar-refractivity contribution in [1.29, 1.82) is 0 Å². The molecule has 0 amide bonds. The van der Waals surface area contributed by atoms with Crippen LogP contribution in [0, 0.1) is 0 Å². The van der Waals surface area contributed by atoms with Crippen molar-refractivity contribution in [3.05, 3.63) is 47.2 Å². The minimum Gasteiger partial charge on any atom is -0.369 e. The standard InChI is InChI=1S/C14H17ClN4/c1-2-17-13-9-16-10-14(19-13)18-8-7-11-3-5-12(15)6-4-11/h3-6,9-10H,2,7-8H2,1H3,(H2,17,18,19). The van der Waals surface area contributed by atoms with Crippen LogP contribution in [0.25, 0.3) is 0 Å². The first-order valence-corrected chi connectivity index (χ1v) is 6.70. The number of halogens is 1. The minimum absolute atomic E-state index is 0.765. The second-order valence-electron chi connectivity index (χ2n) is 4.12. The van der Waals surface area contributed by atoms with Crippen molar-refractivity contribution in [2.45, 2.75) is 13.3 Å². The molecule has 0 bridgehead atoms. The quantitative estimate of drug-likeness (QED) is 0.851. The first-order valence-electron chi connectivity index (χ1n) is 6.32. The highest BCUT2D eigenvalue weighted by molar-refractivity contribution is 6.30. The molecular formula is C14H17ClN4. The zero-order valence-electron chi connectivity index (χ0n) is 10.9. The summed E-state index contributed by atoms with van der Waals surface area (Å²) in [6, 6.07) is 7.88. The van der Waals surface area contributed by atoms with Crippen LogP contribution >= 0.6 is 11.6 Å². The van der Waals surface area contributed by atoms with Gasteiger partial charge in [-0.25, -0.2) is 4.98 Å². The Morgan fingerprint density at radius 1 is 1.05 bits per heavy atom. The van der Waals surface area contributed by atoms with Crippen LogP contribution in [0.2, 0.25) is 5.02 Å². The molecule has 0 spiro atoms. The Morgan fingerprint density at radius 3 is 2.42 bits per heavy atom. The smallest absolute Gasteiger partial charge is 0.146 e. The maximum Gasteiger partial charge on any atom is 0.146 e. The van der Waals surface area contributed by atoms with Crippen molar-refractivity contribution in [2.75, 3.05) is 23.7 Å². The van der Waals surface area contributed by atoms with Gasteiger partial charge in [-0.3, -0.25) is 4.98 Å². The predicted octanol–water partition coefficient (Wildman–Crippen LogP) is 3.22. The molecule has 100 valence electrons. The van der Waals surface area contributed by atoms with Gasteiger partial charge >= 0.3 is 0 Å². The monoisotopic (exact) mass is 276 g/mol. The third kappa shape index (κ3) is 4.41. The van der Waals surface area contributed by atoms with Gasteiger partial charge in [0.15, 0.2) is 0 Å². The van der Waals surface area contributed by atoms with E-state index in [1.165, 1.54) is 5.56 Å². The van der Waals surface area contributed by atoms with Gasteiger partial charge in [-0.05, 0) is 31.0 Å². The highest BCUT2D eigenvalue weighted by Crippen LogP contribution is 2.10. The van der Waals surface area contributed by atoms with Gasteiger partial charge in [0, 0.05) is 18.1 Å². The van der Waals surface area contributed by atoms with Crippen LogP contribution in [0.3, 0.4) is 0 Å². The Morgan fingerprint density at radius 2 is 1.74 bits per heavy atom. The topological polar surface area (TPSA) is 49.8 Å². The lowest BCUT2D eigenvalue weighted by Crippen LogP contribution is -2.08. The van der Waals surface area contributed by atoms with Gasteiger partial charge in [-0.2, -0.15) is 0 Å². The number of hydrogen-bond acceptors (Lipinski definition) is 4. The van der Waals surface area contributed by atoms with E-state index < -0.39 is 0 Å². The molecule has 19 heavy (non-hydrogen) atoms. The second kappa shape index (κ2) is 6.95. The number of benzene rings is 1. The van der Waals surface area contributed by atoms with Gasteiger partial charge in [0.25, 0.3) is 0 Å². The summed E-state index contributed by atoms with van der Waals surface area (Å²) in [5.41, 5.74) is 1.24. The maximum absolute atomic E-state index is 5.85. The van der Waals surface area contributed by atoms with E-state index in [4.69, 9.17) is 11.6 Å². The number of nitrogens with zero attached hydrogens (tertiary/aromatic N) is 2. The van der Waals surface area contributed by atoms with Gasteiger partial charge in [0.1, 0.15) is 11.6 Å². The summed E-state index contributed by atoms with van der Waals surface area (Å²) in [7, 11) is 0. The third-order valence-corrected chi connectivity index (χ3v) is 2.88. The Balaban J connectivity index is 1.85. The zero-order chi connectivity index (χ0) is 13.5. The van der Waals surface area contributed by atoms with E-state index in [1.807, 2.05) is 31.2 Å². The van der Waals surface area contributed by atoms with Crippen LogP contribution in [-0.2, 0) is 6.42 Å². The van der Waals surface area contributed by atoms with E-state index in [0.29, 0.717) is 0 Å². The van der Waals surface area contributed by atoms with Crippen LogP contribution in [0.4, 0.5) is 11.6 Å². The summed E-state index contributed by atoms with van der Waals surface area (Å²) in [4.78, 5) is 8.54. The normalized spacial score (nSPS) is 10.2. The van der Waals surface area contributed by atoms with E-state index in [0.717, 1.165) is 36.2 Å². The fraction of sp³-hybridized carbons (Fsp3) is 0.286. The van der Waals surface area contributed by atoms with Crippen molar-refractivity contribution in [2.24, 2.45) is 0 Å². The molecule has 0 radical (unpaired) electrons. The first-order chi connectivity index (χ1) is 9.28. The molecule has 0 saturated heterocycles. The van der Waals surface area contributed by atoms with Crippen LogP contribution in [0.1, 0.15) is 12.5 Å². The molecule has 2 N–H and O–H groups in total. The molecule has 0 unspecified atom stereocenters. The minimum atomic E-state index is 0.765. The summed E-state index contributed by atoms with van der Waals surface area (Å²) in [5.74, 6) is 1.58. The Labute approximate surface area is 118 Å². The molecule has 2 aromatic rings. The number of anilines is 2. The van der Waals surface area contributed by atoms with Crippen molar-refractivity contribution in [3.8, 4) is 0 Å². The van der Waals surface area contributed by atoms with Gasteiger partial charge < -0.3 is 10.6 Å². The van der Waals surface area contributed by atoms with E-state index in [2.05, 4.69) is 20.6 Å². The van der Waals surface area contributed by atoms with Crippen molar-refractivity contribution < 1.29 is 0 Å². The molecule has 1 heterocycles. The molecule has 2 rings (SSSR count). The number of hydrogen-bond donors (Lipinski definition) is 2. The third-order valence-electron chi connectivity index (χ3n) is 2.63. The average Bonchev–Trinajstić information content (AvgIpc) is 2.42. The van der Waals surface area contributed by atoms with Crippen molar-refractivity contribution in [1.82, 2.24) is 9.97 Å². The summed E-state index contributed by atoms with van der Waals surface area (Å²) >= 11 is 5.85. The lowest BCUT2D eigenvalue weighted by molar-refractivity contribution is 0.997. The Kier molecular flexibility index (Phi) is 4.98. The highest BCUT2D eigenvalue weighted by atomic mass is 35.5. The molecular weight excluding hydrogens is 260 g/mol. The van der Waals surface area contributed by atoms with Crippen molar-refractivity contribution >= 4 is 23.2 Å². The first kappa shape index (κ1) is 13.6. The molecule has 0 atom stereocenters. The van der Waals surface area contributed by atoms with E-state index >= 15 is 0 Å². The summed E-state index contributed by atoms with van der Waals surface area (Å²) in [6.45, 7) is 3.68. The molecule has 0 fully saturated rings. The molecule has 5 heteroatoms. The summed E-state index contributed by atoms with van der Waals surface area (Å²) in [6.07, 6.45) is 4.36. The SMILES string of the molecule is CCNc1cncc(NCCc2ccc(Cl)cc2)n1. The lowest BCUT2D eigenvalue weighted by atomic mass is 10.1. The summed E-state index contributed by atoms with van der Waals surface area (Å²) < 4.78 is 0. The van der Waals surface area contributed by atoms with Gasteiger partial charge in [-0.1, -0.05) is 23.7 Å². The Hall–Kier alpha value is -1.81. The van der Waals surface area contributed by atoms with E-state index in [-0.39, 0.29) is 0 Å². The zero-order valence-corrected chi connectivity index (χ0v) is 11.6. The molecule has 1 aromatic heterocycles. The van der Waals surface area contributed by atoms with Gasteiger partial charge in [-0.15, -0.1) is 0 Å². The average molecular weight is 277 g/mol. The van der Waals surface area contributed by atoms with E-state index in [9.17, 15) is 0 Å². The largest absolute Gasteiger partial charge is 0.369 e. The fourth-order valence-electron chi connectivity index (χ4n) is 1.70. The maximum atomic E-state index is 5.85. The fourth-order valence-corrected chi connectivity index (χ4v) is 1.83. The molecule has 0 saturated carbocycles. The number of nitrogens with one attached hydrogen (secondary N) is 2. The molecule has 0 aliphatic rings. The van der Waals surface area contributed by atoms with Crippen LogP contribution < -0.4 is 10.6 Å². The lowest BCUT2D eigenvalue weighted by Gasteiger charge is -2.07.